The highest BCUT2D eigenvalue weighted by Gasteiger charge is 2.16. The van der Waals surface area contributed by atoms with Crippen LogP contribution >= 0.6 is 0 Å². The third kappa shape index (κ3) is 4.74. The molecule has 1 unspecified atom stereocenters. The number of amides is 1. The monoisotopic (exact) mass is 278 g/mol. The summed E-state index contributed by atoms with van der Waals surface area (Å²) >= 11 is 0. The van der Waals surface area contributed by atoms with Gasteiger partial charge in [0, 0.05) is 13.0 Å². The van der Waals surface area contributed by atoms with E-state index in [-0.39, 0.29) is 12.0 Å². The zero-order chi connectivity index (χ0) is 14.2. The smallest absolute Gasteiger partial charge is 0.220 e. The van der Waals surface area contributed by atoms with Gasteiger partial charge >= 0.3 is 0 Å². The summed E-state index contributed by atoms with van der Waals surface area (Å²) in [6, 6.07) is 7.32. The molecule has 1 amide bonds. The SMILES string of the molecule is Nc1ccccc1OCCNC(=O)CCC1CCCO1. The van der Waals surface area contributed by atoms with E-state index in [0.717, 1.165) is 25.9 Å². The standard InChI is InChI=1S/C15H22N2O3/c16-13-5-1-2-6-14(13)20-11-9-17-15(18)8-7-12-4-3-10-19-12/h1-2,5-6,12H,3-4,7-11,16H2,(H,17,18). The van der Waals surface area contributed by atoms with E-state index in [2.05, 4.69) is 5.32 Å². The Kier molecular flexibility index (Phi) is 5.68. The van der Waals surface area contributed by atoms with Gasteiger partial charge in [-0.05, 0) is 31.4 Å². The lowest BCUT2D eigenvalue weighted by Crippen LogP contribution is -2.28. The summed E-state index contributed by atoms with van der Waals surface area (Å²) < 4.78 is 11.0. The summed E-state index contributed by atoms with van der Waals surface area (Å²) in [5.74, 6) is 0.700. The number of nitrogen functional groups attached to an aromatic ring is 1. The highest BCUT2D eigenvalue weighted by Crippen LogP contribution is 2.19. The molecule has 1 aromatic carbocycles. The molecule has 2 rings (SSSR count). The van der Waals surface area contributed by atoms with Gasteiger partial charge in [-0.2, -0.15) is 0 Å². The first-order chi connectivity index (χ1) is 9.75. The summed E-state index contributed by atoms with van der Waals surface area (Å²) in [7, 11) is 0. The van der Waals surface area contributed by atoms with Gasteiger partial charge in [0.25, 0.3) is 0 Å². The van der Waals surface area contributed by atoms with E-state index in [4.69, 9.17) is 15.2 Å². The largest absolute Gasteiger partial charge is 0.490 e. The molecular weight excluding hydrogens is 256 g/mol. The van der Waals surface area contributed by atoms with Crippen molar-refractivity contribution in [3.05, 3.63) is 24.3 Å². The minimum Gasteiger partial charge on any atom is -0.490 e. The van der Waals surface area contributed by atoms with Crippen LogP contribution in [0.25, 0.3) is 0 Å². The molecule has 5 heteroatoms. The average molecular weight is 278 g/mol. The number of benzene rings is 1. The van der Waals surface area contributed by atoms with Crippen molar-refractivity contribution >= 4 is 11.6 Å². The maximum atomic E-state index is 11.6. The Bertz CT molecular complexity index is 431. The van der Waals surface area contributed by atoms with Crippen LogP contribution in [0.1, 0.15) is 25.7 Å². The van der Waals surface area contributed by atoms with Crippen molar-refractivity contribution in [1.82, 2.24) is 5.32 Å². The maximum Gasteiger partial charge on any atom is 0.220 e. The Morgan fingerprint density at radius 2 is 2.30 bits per heavy atom. The summed E-state index contributed by atoms with van der Waals surface area (Å²) in [6.07, 6.45) is 3.76. The van der Waals surface area contributed by atoms with E-state index in [9.17, 15) is 4.79 Å². The minimum atomic E-state index is 0.0464. The summed E-state index contributed by atoms with van der Waals surface area (Å²) in [4.78, 5) is 11.6. The van der Waals surface area contributed by atoms with Gasteiger partial charge in [-0.15, -0.1) is 0 Å². The maximum absolute atomic E-state index is 11.6. The van der Waals surface area contributed by atoms with Crippen LogP contribution in [0.2, 0.25) is 0 Å². The van der Waals surface area contributed by atoms with Crippen LogP contribution in [0.15, 0.2) is 24.3 Å². The van der Waals surface area contributed by atoms with Crippen molar-refractivity contribution in [2.45, 2.75) is 31.8 Å². The van der Waals surface area contributed by atoms with Crippen LogP contribution in [0.3, 0.4) is 0 Å². The lowest BCUT2D eigenvalue weighted by Gasteiger charge is -2.11. The van der Waals surface area contributed by atoms with Gasteiger partial charge in [-0.1, -0.05) is 12.1 Å². The normalized spacial score (nSPS) is 17.9. The number of para-hydroxylation sites is 2. The second kappa shape index (κ2) is 7.75. The fourth-order valence-electron chi connectivity index (χ4n) is 2.22. The van der Waals surface area contributed by atoms with Crippen molar-refractivity contribution in [2.24, 2.45) is 0 Å². The van der Waals surface area contributed by atoms with Gasteiger partial charge in [0.05, 0.1) is 18.3 Å². The fourth-order valence-corrected chi connectivity index (χ4v) is 2.22. The average Bonchev–Trinajstić information content (AvgIpc) is 2.96. The van der Waals surface area contributed by atoms with Crippen molar-refractivity contribution in [1.29, 1.82) is 0 Å². The summed E-state index contributed by atoms with van der Waals surface area (Å²) in [6.45, 7) is 1.73. The molecule has 1 fully saturated rings. The first-order valence-corrected chi connectivity index (χ1v) is 7.11. The third-order valence-corrected chi connectivity index (χ3v) is 3.32. The molecule has 0 spiro atoms. The van der Waals surface area contributed by atoms with E-state index in [1.165, 1.54) is 0 Å². The van der Waals surface area contributed by atoms with Crippen molar-refractivity contribution in [3.8, 4) is 5.75 Å². The highest BCUT2D eigenvalue weighted by atomic mass is 16.5. The van der Waals surface area contributed by atoms with Crippen LogP contribution < -0.4 is 15.8 Å². The lowest BCUT2D eigenvalue weighted by atomic mass is 10.1. The van der Waals surface area contributed by atoms with Crippen molar-refractivity contribution in [3.63, 3.8) is 0 Å². The molecule has 0 bridgehead atoms. The van der Waals surface area contributed by atoms with Crippen LogP contribution in [0, 0.1) is 0 Å². The Hall–Kier alpha value is -1.75. The molecule has 0 aromatic heterocycles. The zero-order valence-corrected chi connectivity index (χ0v) is 11.6. The predicted octanol–water partition coefficient (Wildman–Crippen LogP) is 1.72. The number of hydrogen-bond acceptors (Lipinski definition) is 4. The molecule has 3 N–H and O–H groups in total. The number of carbonyl (C=O) groups excluding carboxylic acids is 1. The van der Waals surface area contributed by atoms with Gasteiger partial charge in [-0.25, -0.2) is 0 Å². The number of nitrogens with one attached hydrogen (secondary N) is 1. The number of ether oxygens (including phenoxy) is 2. The number of anilines is 1. The van der Waals surface area contributed by atoms with Crippen LogP contribution in [0.4, 0.5) is 5.69 Å². The molecule has 20 heavy (non-hydrogen) atoms. The predicted molar refractivity (Wildman–Crippen MR) is 77.6 cm³/mol. The molecular formula is C15H22N2O3. The van der Waals surface area contributed by atoms with E-state index in [1.807, 2.05) is 18.2 Å². The summed E-state index contributed by atoms with van der Waals surface area (Å²) in [5.41, 5.74) is 6.36. The quantitative estimate of drug-likeness (QED) is 0.588. The molecule has 5 nitrogen and oxygen atoms in total. The first-order valence-electron chi connectivity index (χ1n) is 7.11. The number of hydrogen-bond donors (Lipinski definition) is 2. The Balaban J connectivity index is 1.56. The van der Waals surface area contributed by atoms with E-state index in [1.54, 1.807) is 6.07 Å². The third-order valence-electron chi connectivity index (χ3n) is 3.32. The second-order valence-corrected chi connectivity index (χ2v) is 4.91. The van der Waals surface area contributed by atoms with Crippen LogP contribution in [-0.2, 0) is 9.53 Å². The Labute approximate surface area is 119 Å². The number of rotatable bonds is 7. The van der Waals surface area contributed by atoms with Crippen molar-refractivity contribution in [2.75, 3.05) is 25.5 Å². The van der Waals surface area contributed by atoms with E-state index >= 15 is 0 Å². The topological polar surface area (TPSA) is 73.6 Å². The Morgan fingerprint density at radius 3 is 3.05 bits per heavy atom. The van der Waals surface area contributed by atoms with Gasteiger partial charge < -0.3 is 20.5 Å². The van der Waals surface area contributed by atoms with E-state index < -0.39 is 0 Å². The molecule has 0 saturated carbocycles. The van der Waals surface area contributed by atoms with E-state index in [0.29, 0.717) is 31.0 Å². The molecule has 1 heterocycles. The van der Waals surface area contributed by atoms with Crippen LogP contribution in [-0.4, -0.2) is 31.8 Å². The first kappa shape index (κ1) is 14.7. The minimum absolute atomic E-state index is 0.0464. The molecule has 110 valence electrons. The van der Waals surface area contributed by atoms with Gasteiger partial charge in [0.2, 0.25) is 5.91 Å². The van der Waals surface area contributed by atoms with Crippen molar-refractivity contribution < 1.29 is 14.3 Å². The zero-order valence-electron chi connectivity index (χ0n) is 11.6. The highest BCUT2D eigenvalue weighted by molar-refractivity contribution is 5.75. The second-order valence-electron chi connectivity index (χ2n) is 4.91. The molecule has 0 aliphatic carbocycles. The summed E-state index contributed by atoms with van der Waals surface area (Å²) in [5, 5.41) is 2.84. The Morgan fingerprint density at radius 1 is 1.45 bits per heavy atom. The molecule has 1 atom stereocenters. The molecule has 1 aromatic rings. The molecule has 1 aliphatic heterocycles. The number of nitrogens with two attached hydrogens (primary N) is 1. The molecule has 1 aliphatic rings. The lowest BCUT2D eigenvalue weighted by molar-refractivity contribution is -0.121. The molecule has 0 radical (unpaired) electrons. The van der Waals surface area contributed by atoms with Gasteiger partial charge in [0.15, 0.2) is 0 Å². The van der Waals surface area contributed by atoms with Gasteiger partial charge in [0.1, 0.15) is 12.4 Å². The number of carbonyl (C=O) groups is 1. The fraction of sp³-hybridized carbons (Fsp3) is 0.533. The van der Waals surface area contributed by atoms with Crippen LogP contribution in [0.5, 0.6) is 5.75 Å². The van der Waals surface area contributed by atoms with Gasteiger partial charge in [-0.3, -0.25) is 4.79 Å². The molecule has 1 saturated heterocycles.